The maximum atomic E-state index is 12.6. The van der Waals surface area contributed by atoms with Gasteiger partial charge < -0.3 is 19.7 Å². The molecular formula is C19H25F2N3O5. The molecule has 4 amide bonds. The van der Waals surface area contributed by atoms with Crippen LogP contribution in [0.1, 0.15) is 32.3 Å². The minimum atomic E-state index is -2.98. The van der Waals surface area contributed by atoms with Gasteiger partial charge in [-0.25, -0.2) is 4.79 Å². The fraction of sp³-hybridized carbons (Fsp3) is 0.526. The molecule has 1 aromatic rings. The number of amides is 4. The van der Waals surface area contributed by atoms with Crippen LogP contribution in [0.4, 0.5) is 13.6 Å². The van der Waals surface area contributed by atoms with Crippen LogP contribution in [0.5, 0.6) is 11.5 Å². The summed E-state index contributed by atoms with van der Waals surface area (Å²) in [4.78, 5) is 39.6. The number of methoxy groups -OCH3 is 1. The molecule has 0 spiro atoms. The Hall–Kier alpha value is -2.91. The zero-order chi connectivity index (χ0) is 21.8. The van der Waals surface area contributed by atoms with E-state index in [4.69, 9.17) is 4.74 Å². The fourth-order valence-electron chi connectivity index (χ4n) is 3.17. The number of nitrogens with one attached hydrogen (secondary N) is 1. The Kier molecular flexibility index (Phi) is 6.99. The van der Waals surface area contributed by atoms with Crippen LogP contribution in [0.15, 0.2) is 18.2 Å². The zero-order valence-electron chi connectivity index (χ0n) is 16.8. The molecule has 8 nitrogen and oxygen atoms in total. The molecule has 1 saturated heterocycles. The molecule has 0 unspecified atom stereocenters. The van der Waals surface area contributed by atoms with E-state index in [1.807, 2.05) is 0 Å². The van der Waals surface area contributed by atoms with Gasteiger partial charge in [0.25, 0.3) is 5.91 Å². The number of halogens is 2. The average molecular weight is 413 g/mol. The first-order valence-electron chi connectivity index (χ1n) is 9.17. The number of carbonyl (C=O) groups excluding carboxylic acids is 3. The number of imide groups is 1. The lowest BCUT2D eigenvalue weighted by molar-refractivity contribution is -0.138. The van der Waals surface area contributed by atoms with E-state index in [-0.39, 0.29) is 24.6 Å². The van der Waals surface area contributed by atoms with E-state index in [0.717, 1.165) is 4.90 Å². The van der Waals surface area contributed by atoms with Crippen molar-refractivity contribution in [2.24, 2.45) is 0 Å². The van der Waals surface area contributed by atoms with E-state index in [2.05, 4.69) is 10.1 Å². The third kappa shape index (κ3) is 4.75. The molecule has 1 aliphatic heterocycles. The summed E-state index contributed by atoms with van der Waals surface area (Å²) >= 11 is 0. The standard InChI is InChI=1S/C19H25F2N3O5/c1-5-19(6-2)16(26)24(18(27)22-19)11-15(25)23(3)10-12-7-8-13(29-17(20)21)14(9-12)28-4/h7-9,17H,5-6,10-11H2,1-4H3,(H,22,27). The van der Waals surface area contributed by atoms with Crippen molar-refractivity contribution >= 4 is 17.8 Å². The van der Waals surface area contributed by atoms with Crippen molar-refractivity contribution in [1.29, 1.82) is 0 Å². The molecule has 1 aromatic carbocycles. The molecule has 0 aromatic heterocycles. The number of hydrogen-bond acceptors (Lipinski definition) is 5. The summed E-state index contributed by atoms with van der Waals surface area (Å²) in [5.74, 6) is -0.865. The molecule has 0 radical (unpaired) electrons. The van der Waals surface area contributed by atoms with Crippen LogP contribution in [-0.4, -0.2) is 60.5 Å². The number of alkyl halides is 2. The van der Waals surface area contributed by atoms with Gasteiger partial charge in [-0.3, -0.25) is 14.5 Å². The van der Waals surface area contributed by atoms with E-state index >= 15 is 0 Å². The number of hydrogen-bond donors (Lipinski definition) is 1. The Morgan fingerprint density at radius 2 is 1.90 bits per heavy atom. The number of likely N-dealkylation sites (N-methyl/N-ethyl adjacent to an activating group) is 1. The summed E-state index contributed by atoms with van der Waals surface area (Å²) in [5.41, 5.74) is -0.364. The summed E-state index contributed by atoms with van der Waals surface area (Å²) in [6, 6.07) is 3.74. The third-order valence-corrected chi connectivity index (χ3v) is 5.04. The minimum Gasteiger partial charge on any atom is -0.493 e. The van der Waals surface area contributed by atoms with Gasteiger partial charge in [0.1, 0.15) is 12.1 Å². The second-order valence-electron chi connectivity index (χ2n) is 6.72. The number of urea groups is 1. The number of nitrogens with zero attached hydrogens (tertiary/aromatic N) is 2. The Balaban J connectivity index is 2.06. The first kappa shape index (κ1) is 22.4. The molecule has 1 fully saturated rings. The topological polar surface area (TPSA) is 88.2 Å². The molecule has 0 atom stereocenters. The molecule has 160 valence electrons. The van der Waals surface area contributed by atoms with Gasteiger partial charge in [0, 0.05) is 13.6 Å². The van der Waals surface area contributed by atoms with Gasteiger partial charge in [0.15, 0.2) is 11.5 Å². The number of ether oxygens (including phenoxy) is 2. The Morgan fingerprint density at radius 3 is 2.41 bits per heavy atom. The molecule has 0 bridgehead atoms. The Morgan fingerprint density at radius 1 is 1.24 bits per heavy atom. The summed E-state index contributed by atoms with van der Waals surface area (Å²) in [5, 5.41) is 2.67. The predicted octanol–water partition coefficient (Wildman–Crippen LogP) is 2.37. The van der Waals surface area contributed by atoms with Crippen LogP contribution >= 0.6 is 0 Å². The first-order valence-corrected chi connectivity index (χ1v) is 9.17. The Labute approximate surface area is 167 Å². The highest BCUT2D eigenvalue weighted by molar-refractivity contribution is 6.08. The highest BCUT2D eigenvalue weighted by atomic mass is 19.3. The molecule has 0 saturated carbocycles. The van der Waals surface area contributed by atoms with Crippen molar-refractivity contribution < 1.29 is 32.6 Å². The normalized spacial score (nSPS) is 15.5. The molecule has 0 aliphatic carbocycles. The van der Waals surface area contributed by atoms with Crippen LogP contribution in [0.2, 0.25) is 0 Å². The molecule has 1 aliphatic rings. The quantitative estimate of drug-likeness (QED) is 0.628. The first-order chi connectivity index (χ1) is 13.7. The van der Waals surface area contributed by atoms with Crippen molar-refractivity contribution in [3.63, 3.8) is 0 Å². The lowest BCUT2D eigenvalue weighted by Crippen LogP contribution is -2.46. The molecule has 1 N–H and O–H groups in total. The summed E-state index contributed by atoms with van der Waals surface area (Å²) in [6.07, 6.45) is 0.864. The summed E-state index contributed by atoms with van der Waals surface area (Å²) in [6.45, 7) is 0.358. The molecular weight excluding hydrogens is 388 g/mol. The second-order valence-corrected chi connectivity index (χ2v) is 6.72. The monoisotopic (exact) mass is 413 g/mol. The van der Waals surface area contributed by atoms with E-state index in [0.29, 0.717) is 18.4 Å². The molecule has 10 heteroatoms. The maximum absolute atomic E-state index is 12.6. The average Bonchev–Trinajstić information content (AvgIpc) is 2.93. The van der Waals surface area contributed by atoms with Gasteiger partial charge in [-0.1, -0.05) is 19.9 Å². The third-order valence-electron chi connectivity index (χ3n) is 5.04. The van der Waals surface area contributed by atoms with E-state index < -0.39 is 30.0 Å². The smallest absolute Gasteiger partial charge is 0.387 e. The van der Waals surface area contributed by atoms with Crippen LogP contribution in [0.3, 0.4) is 0 Å². The molecule has 2 rings (SSSR count). The van der Waals surface area contributed by atoms with Crippen LogP contribution in [0.25, 0.3) is 0 Å². The molecule has 29 heavy (non-hydrogen) atoms. The lowest BCUT2D eigenvalue weighted by atomic mass is 9.93. The largest absolute Gasteiger partial charge is 0.493 e. The number of benzene rings is 1. The van der Waals surface area contributed by atoms with Gasteiger partial charge in [0.05, 0.1) is 7.11 Å². The summed E-state index contributed by atoms with van der Waals surface area (Å²) in [7, 11) is 2.83. The van der Waals surface area contributed by atoms with Crippen molar-refractivity contribution in [2.45, 2.75) is 45.4 Å². The second kappa shape index (κ2) is 9.06. The summed E-state index contributed by atoms with van der Waals surface area (Å²) < 4.78 is 34.3. The van der Waals surface area contributed by atoms with Crippen molar-refractivity contribution in [2.75, 3.05) is 20.7 Å². The van der Waals surface area contributed by atoms with E-state index in [9.17, 15) is 23.2 Å². The highest BCUT2D eigenvalue weighted by Crippen LogP contribution is 2.30. The van der Waals surface area contributed by atoms with Gasteiger partial charge in [-0.2, -0.15) is 8.78 Å². The maximum Gasteiger partial charge on any atom is 0.387 e. The van der Waals surface area contributed by atoms with Crippen molar-refractivity contribution in [3.8, 4) is 11.5 Å². The van der Waals surface area contributed by atoms with Gasteiger partial charge >= 0.3 is 12.6 Å². The fourth-order valence-corrected chi connectivity index (χ4v) is 3.17. The van der Waals surface area contributed by atoms with E-state index in [1.165, 1.54) is 37.3 Å². The van der Waals surface area contributed by atoms with Gasteiger partial charge in [-0.15, -0.1) is 0 Å². The van der Waals surface area contributed by atoms with Crippen LogP contribution in [-0.2, 0) is 16.1 Å². The minimum absolute atomic E-state index is 0.105. The SMILES string of the molecule is CCC1(CC)NC(=O)N(CC(=O)N(C)Cc2ccc(OC(F)F)c(OC)c2)C1=O. The van der Waals surface area contributed by atoms with Crippen LogP contribution < -0.4 is 14.8 Å². The van der Waals surface area contributed by atoms with Gasteiger partial charge in [-0.05, 0) is 30.5 Å². The van der Waals surface area contributed by atoms with Crippen LogP contribution in [0, 0.1) is 0 Å². The zero-order valence-corrected chi connectivity index (χ0v) is 16.8. The van der Waals surface area contributed by atoms with Gasteiger partial charge in [0.2, 0.25) is 5.91 Å². The highest BCUT2D eigenvalue weighted by Gasteiger charge is 2.49. The Bertz CT molecular complexity index is 783. The predicted molar refractivity (Wildman–Crippen MR) is 99.7 cm³/mol. The number of carbonyl (C=O) groups is 3. The molecule has 1 heterocycles. The van der Waals surface area contributed by atoms with E-state index in [1.54, 1.807) is 13.8 Å². The lowest BCUT2D eigenvalue weighted by Gasteiger charge is -2.24. The van der Waals surface area contributed by atoms with Crippen molar-refractivity contribution in [3.05, 3.63) is 23.8 Å². The number of rotatable bonds is 9. The van der Waals surface area contributed by atoms with Crippen molar-refractivity contribution in [1.82, 2.24) is 15.1 Å².